The molecular formula is C16H20N2O2. The van der Waals surface area contributed by atoms with Crippen molar-refractivity contribution < 1.29 is 4.74 Å². The van der Waals surface area contributed by atoms with Crippen LogP contribution in [0.15, 0.2) is 41.2 Å². The lowest BCUT2D eigenvalue weighted by molar-refractivity contribution is 0.340. The molecule has 0 spiro atoms. The van der Waals surface area contributed by atoms with Crippen molar-refractivity contribution in [1.29, 1.82) is 0 Å². The molecule has 0 unspecified atom stereocenters. The van der Waals surface area contributed by atoms with Crippen LogP contribution >= 0.6 is 0 Å². The number of hydrogen-bond donors (Lipinski definition) is 0. The van der Waals surface area contributed by atoms with Gasteiger partial charge in [0.1, 0.15) is 5.75 Å². The Kier molecular flexibility index (Phi) is 4.93. The summed E-state index contributed by atoms with van der Waals surface area (Å²) in [5.74, 6) is 0.843. The van der Waals surface area contributed by atoms with E-state index >= 15 is 0 Å². The molecule has 1 aromatic heterocycles. The fourth-order valence-corrected chi connectivity index (χ4v) is 1.96. The Balaban J connectivity index is 2.25. The van der Waals surface area contributed by atoms with Crippen LogP contribution in [0.2, 0.25) is 0 Å². The Morgan fingerprint density at radius 2 is 1.85 bits per heavy atom. The zero-order chi connectivity index (χ0) is 14.4. The lowest BCUT2D eigenvalue weighted by Crippen LogP contribution is -2.22. The van der Waals surface area contributed by atoms with Crippen LogP contribution in [0, 0.1) is 0 Å². The van der Waals surface area contributed by atoms with Crippen LogP contribution in [0.25, 0.3) is 11.3 Å². The van der Waals surface area contributed by atoms with Crippen molar-refractivity contribution in [2.75, 3.05) is 6.61 Å². The van der Waals surface area contributed by atoms with Gasteiger partial charge in [0, 0.05) is 18.2 Å². The van der Waals surface area contributed by atoms with E-state index in [1.165, 1.54) is 4.68 Å². The smallest absolute Gasteiger partial charge is 0.266 e. The highest BCUT2D eigenvalue weighted by Gasteiger charge is 2.03. The number of ether oxygens (including phenoxy) is 1. The summed E-state index contributed by atoms with van der Waals surface area (Å²) in [5.41, 5.74) is 1.75. The second kappa shape index (κ2) is 6.89. The number of rotatable bonds is 6. The quantitative estimate of drug-likeness (QED) is 0.811. The van der Waals surface area contributed by atoms with Gasteiger partial charge in [0.25, 0.3) is 5.56 Å². The normalized spacial score (nSPS) is 10.5. The predicted octanol–water partition coefficient (Wildman–Crippen LogP) is 3.11. The van der Waals surface area contributed by atoms with E-state index in [4.69, 9.17) is 4.74 Å². The SMILES string of the molecule is CCCCn1nc(-c2ccc(OCC)cc2)ccc1=O. The Morgan fingerprint density at radius 1 is 1.10 bits per heavy atom. The van der Waals surface area contributed by atoms with E-state index in [1.54, 1.807) is 12.1 Å². The van der Waals surface area contributed by atoms with Gasteiger partial charge in [-0.3, -0.25) is 4.79 Å². The molecule has 106 valence electrons. The third kappa shape index (κ3) is 3.47. The average Bonchev–Trinajstić information content (AvgIpc) is 2.48. The number of aryl methyl sites for hydroxylation is 1. The number of benzene rings is 1. The molecule has 2 aromatic rings. The predicted molar refractivity (Wildman–Crippen MR) is 80.0 cm³/mol. The van der Waals surface area contributed by atoms with Gasteiger partial charge in [-0.1, -0.05) is 13.3 Å². The lowest BCUT2D eigenvalue weighted by Gasteiger charge is -2.07. The van der Waals surface area contributed by atoms with Gasteiger partial charge in [-0.2, -0.15) is 5.10 Å². The zero-order valence-corrected chi connectivity index (χ0v) is 12.0. The van der Waals surface area contributed by atoms with E-state index in [9.17, 15) is 4.79 Å². The highest BCUT2D eigenvalue weighted by Crippen LogP contribution is 2.19. The Morgan fingerprint density at radius 3 is 2.50 bits per heavy atom. The van der Waals surface area contributed by atoms with Crippen LogP contribution in [0.3, 0.4) is 0 Å². The zero-order valence-electron chi connectivity index (χ0n) is 12.0. The van der Waals surface area contributed by atoms with Crippen LogP contribution in [0.5, 0.6) is 5.75 Å². The summed E-state index contributed by atoms with van der Waals surface area (Å²) in [7, 11) is 0. The van der Waals surface area contributed by atoms with Crippen LogP contribution in [-0.2, 0) is 6.54 Å². The number of hydrogen-bond acceptors (Lipinski definition) is 3. The standard InChI is InChI=1S/C16H20N2O2/c1-3-5-12-18-16(19)11-10-15(17-18)13-6-8-14(9-7-13)20-4-2/h6-11H,3-5,12H2,1-2H3. The molecule has 20 heavy (non-hydrogen) atoms. The van der Waals surface area contributed by atoms with Crippen molar-refractivity contribution in [3.05, 3.63) is 46.8 Å². The van der Waals surface area contributed by atoms with Crippen molar-refractivity contribution >= 4 is 0 Å². The van der Waals surface area contributed by atoms with E-state index in [1.807, 2.05) is 31.2 Å². The molecule has 0 saturated carbocycles. The van der Waals surface area contributed by atoms with E-state index in [0.717, 1.165) is 29.8 Å². The van der Waals surface area contributed by atoms with Crippen molar-refractivity contribution in [2.45, 2.75) is 33.2 Å². The molecule has 1 aromatic carbocycles. The highest BCUT2D eigenvalue weighted by molar-refractivity contribution is 5.59. The molecule has 0 N–H and O–H groups in total. The molecule has 0 amide bonds. The molecule has 4 nitrogen and oxygen atoms in total. The second-order valence-electron chi connectivity index (χ2n) is 4.59. The monoisotopic (exact) mass is 272 g/mol. The molecule has 0 saturated heterocycles. The Labute approximate surface area is 119 Å². The highest BCUT2D eigenvalue weighted by atomic mass is 16.5. The molecule has 0 aliphatic carbocycles. The van der Waals surface area contributed by atoms with Crippen molar-refractivity contribution in [3.8, 4) is 17.0 Å². The fraction of sp³-hybridized carbons (Fsp3) is 0.375. The first-order valence-electron chi connectivity index (χ1n) is 7.06. The van der Waals surface area contributed by atoms with Crippen LogP contribution in [0.4, 0.5) is 0 Å². The first kappa shape index (κ1) is 14.3. The van der Waals surface area contributed by atoms with Gasteiger partial charge in [-0.05, 0) is 43.7 Å². The van der Waals surface area contributed by atoms with E-state index < -0.39 is 0 Å². The van der Waals surface area contributed by atoms with E-state index in [2.05, 4.69) is 12.0 Å². The van der Waals surface area contributed by atoms with Gasteiger partial charge >= 0.3 is 0 Å². The van der Waals surface area contributed by atoms with Crippen molar-refractivity contribution in [3.63, 3.8) is 0 Å². The summed E-state index contributed by atoms with van der Waals surface area (Å²) >= 11 is 0. The first-order chi connectivity index (χ1) is 9.74. The molecule has 0 atom stereocenters. The van der Waals surface area contributed by atoms with Gasteiger partial charge in [0.05, 0.1) is 12.3 Å². The summed E-state index contributed by atoms with van der Waals surface area (Å²) in [6.45, 7) is 5.38. The summed E-state index contributed by atoms with van der Waals surface area (Å²) in [6, 6.07) is 11.1. The maximum absolute atomic E-state index is 11.7. The molecular weight excluding hydrogens is 252 g/mol. The Bertz CT molecular complexity index is 603. The van der Waals surface area contributed by atoms with Crippen LogP contribution in [-0.4, -0.2) is 16.4 Å². The van der Waals surface area contributed by atoms with Crippen LogP contribution in [0.1, 0.15) is 26.7 Å². The summed E-state index contributed by atoms with van der Waals surface area (Å²) in [5, 5.41) is 4.42. The van der Waals surface area contributed by atoms with E-state index in [-0.39, 0.29) is 5.56 Å². The van der Waals surface area contributed by atoms with E-state index in [0.29, 0.717) is 13.2 Å². The number of unbranched alkanes of at least 4 members (excludes halogenated alkanes) is 1. The third-order valence-electron chi connectivity index (χ3n) is 3.05. The second-order valence-corrected chi connectivity index (χ2v) is 4.59. The van der Waals surface area contributed by atoms with Crippen molar-refractivity contribution in [1.82, 2.24) is 9.78 Å². The topological polar surface area (TPSA) is 44.1 Å². The number of nitrogens with zero attached hydrogens (tertiary/aromatic N) is 2. The van der Waals surface area contributed by atoms with Gasteiger partial charge in [-0.15, -0.1) is 0 Å². The minimum Gasteiger partial charge on any atom is -0.494 e. The molecule has 2 rings (SSSR count). The van der Waals surface area contributed by atoms with Crippen molar-refractivity contribution in [2.24, 2.45) is 0 Å². The van der Waals surface area contributed by atoms with Gasteiger partial charge in [0.2, 0.25) is 0 Å². The van der Waals surface area contributed by atoms with Crippen LogP contribution < -0.4 is 10.3 Å². The number of aromatic nitrogens is 2. The molecule has 4 heteroatoms. The maximum atomic E-state index is 11.7. The summed E-state index contributed by atoms with van der Waals surface area (Å²) in [6.07, 6.45) is 2.00. The Hall–Kier alpha value is -2.10. The molecule has 0 aliphatic rings. The molecule has 0 radical (unpaired) electrons. The molecule has 0 bridgehead atoms. The fourth-order valence-electron chi connectivity index (χ4n) is 1.96. The molecule has 0 aliphatic heterocycles. The molecule has 1 heterocycles. The molecule has 0 fully saturated rings. The van der Waals surface area contributed by atoms with Gasteiger partial charge in [0.15, 0.2) is 0 Å². The first-order valence-corrected chi connectivity index (χ1v) is 7.06. The largest absolute Gasteiger partial charge is 0.494 e. The minimum absolute atomic E-state index is 0.0480. The minimum atomic E-state index is -0.0480. The maximum Gasteiger partial charge on any atom is 0.266 e. The van der Waals surface area contributed by atoms with Gasteiger partial charge in [-0.25, -0.2) is 4.68 Å². The third-order valence-corrected chi connectivity index (χ3v) is 3.05. The summed E-state index contributed by atoms with van der Waals surface area (Å²) in [4.78, 5) is 11.7. The summed E-state index contributed by atoms with van der Waals surface area (Å²) < 4.78 is 6.95. The average molecular weight is 272 g/mol. The van der Waals surface area contributed by atoms with Gasteiger partial charge < -0.3 is 4.74 Å². The lowest BCUT2D eigenvalue weighted by atomic mass is 10.1.